The number of hydrogen-bond donors (Lipinski definition) is 0. The third kappa shape index (κ3) is 3.24. The summed E-state index contributed by atoms with van der Waals surface area (Å²) in [5, 5.41) is 0. The van der Waals surface area contributed by atoms with E-state index in [0.717, 1.165) is 25.9 Å². The monoisotopic (exact) mass is 394 g/mol. The van der Waals surface area contributed by atoms with Gasteiger partial charge < -0.3 is 9.80 Å². The minimum absolute atomic E-state index is 0.159. The van der Waals surface area contributed by atoms with Gasteiger partial charge in [-0.3, -0.25) is 23.9 Å². The van der Waals surface area contributed by atoms with Crippen LogP contribution in [0.1, 0.15) is 42.1 Å². The molecule has 4 rings (SSSR count). The van der Waals surface area contributed by atoms with E-state index in [9.17, 15) is 14.4 Å². The van der Waals surface area contributed by atoms with Gasteiger partial charge in [-0.1, -0.05) is 6.92 Å². The summed E-state index contributed by atoms with van der Waals surface area (Å²) >= 11 is 0. The van der Waals surface area contributed by atoms with Gasteiger partial charge in [-0.15, -0.1) is 0 Å². The Morgan fingerprint density at radius 1 is 1.21 bits per heavy atom. The van der Waals surface area contributed by atoms with E-state index in [1.165, 1.54) is 4.57 Å². The van der Waals surface area contributed by atoms with Gasteiger partial charge in [-0.2, -0.15) is 0 Å². The van der Waals surface area contributed by atoms with Crippen molar-refractivity contribution >= 4 is 11.8 Å². The average Bonchev–Trinajstić information content (AvgIpc) is 3.29. The summed E-state index contributed by atoms with van der Waals surface area (Å²) in [6.45, 7) is 6.26. The number of aryl methyl sites for hydroxylation is 1. The van der Waals surface area contributed by atoms with Crippen LogP contribution in [-0.4, -0.2) is 57.3 Å². The van der Waals surface area contributed by atoms with E-state index in [4.69, 9.17) is 0 Å². The van der Waals surface area contributed by atoms with Crippen molar-refractivity contribution in [1.29, 1.82) is 0 Å². The molecular formula is C22H26N4O3. The zero-order valence-corrected chi connectivity index (χ0v) is 16.9. The Kier molecular flexibility index (Phi) is 4.98. The average molecular weight is 394 g/mol. The molecule has 0 saturated carbocycles. The molecule has 1 spiro atoms. The second-order valence-corrected chi connectivity index (χ2v) is 8.06. The fraction of sp³-hybridized carbons (Fsp3) is 0.455. The van der Waals surface area contributed by atoms with Gasteiger partial charge in [0.05, 0.1) is 17.3 Å². The Labute approximate surface area is 170 Å². The quantitative estimate of drug-likeness (QED) is 0.795. The summed E-state index contributed by atoms with van der Waals surface area (Å²) in [6, 6.07) is 5.31. The molecule has 2 aromatic heterocycles. The van der Waals surface area contributed by atoms with Gasteiger partial charge in [-0.25, -0.2) is 0 Å². The summed E-state index contributed by atoms with van der Waals surface area (Å²) in [5.74, 6) is -0.128. The largest absolute Gasteiger partial charge is 0.342 e. The Bertz CT molecular complexity index is 1000. The van der Waals surface area contributed by atoms with E-state index >= 15 is 0 Å². The topological polar surface area (TPSA) is 75.5 Å². The zero-order valence-electron chi connectivity index (χ0n) is 16.9. The maximum absolute atomic E-state index is 13.3. The van der Waals surface area contributed by atoms with Crippen LogP contribution in [0.15, 0.2) is 41.6 Å². The van der Waals surface area contributed by atoms with Crippen LogP contribution in [0.2, 0.25) is 0 Å². The number of nitrogens with zero attached hydrogens (tertiary/aromatic N) is 4. The molecule has 2 saturated heterocycles. The fourth-order valence-electron chi connectivity index (χ4n) is 4.54. The zero-order chi connectivity index (χ0) is 20.6. The third-order valence-electron chi connectivity index (χ3n) is 6.17. The maximum Gasteiger partial charge on any atom is 0.268 e. The molecule has 7 nitrogen and oxygen atoms in total. The Morgan fingerprint density at radius 2 is 2.00 bits per heavy atom. The Morgan fingerprint density at radius 3 is 2.72 bits per heavy atom. The molecule has 2 fully saturated rings. The second-order valence-electron chi connectivity index (χ2n) is 8.06. The van der Waals surface area contributed by atoms with Crippen molar-refractivity contribution in [3.63, 3.8) is 0 Å². The number of pyridine rings is 2. The lowest BCUT2D eigenvalue weighted by atomic mass is 9.85. The first-order valence-electron chi connectivity index (χ1n) is 10.2. The molecule has 1 unspecified atom stereocenters. The van der Waals surface area contributed by atoms with Gasteiger partial charge in [0, 0.05) is 38.6 Å². The molecule has 2 aromatic rings. The van der Waals surface area contributed by atoms with Crippen LogP contribution >= 0.6 is 0 Å². The molecular weight excluding hydrogens is 368 g/mol. The number of rotatable bonds is 4. The number of carbonyl (C=O) groups is 2. The van der Waals surface area contributed by atoms with Gasteiger partial charge in [0.15, 0.2) is 0 Å². The van der Waals surface area contributed by atoms with Gasteiger partial charge in [0.1, 0.15) is 5.56 Å². The molecule has 0 N–H and O–H groups in total. The Hall–Kier alpha value is -2.96. The van der Waals surface area contributed by atoms with Crippen LogP contribution in [0.5, 0.6) is 0 Å². The van der Waals surface area contributed by atoms with Gasteiger partial charge in [0.25, 0.3) is 11.5 Å². The number of hydrogen-bond acceptors (Lipinski definition) is 4. The predicted molar refractivity (Wildman–Crippen MR) is 109 cm³/mol. The molecule has 152 valence electrons. The number of carbonyl (C=O) groups excluding carboxylic acids is 2. The van der Waals surface area contributed by atoms with E-state index in [1.807, 2.05) is 4.90 Å². The van der Waals surface area contributed by atoms with Crippen LogP contribution < -0.4 is 5.56 Å². The number of aromatic nitrogens is 2. The van der Waals surface area contributed by atoms with Gasteiger partial charge in [-0.05, 0) is 49.9 Å². The summed E-state index contributed by atoms with van der Waals surface area (Å²) in [7, 11) is 0. The van der Waals surface area contributed by atoms with E-state index < -0.39 is 5.41 Å². The standard InChI is InChI=1S/C22H26N4O3/c1-3-10-24-12-7-22(21(24)29)8-13-25(15-22)19(27)18-16(2)6-11-26(20(18)28)17-5-4-9-23-14-17/h4-6,9,11,14H,3,7-8,10,12-13,15H2,1-2H3. The molecule has 2 amide bonds. The highest BCUT2D eigenvalue weighted by Gasteiger charge is 2.51. The SMILES string of the molecule is CCCN1CCC2(CCN(C(=O)c3c(C)ccn(-c4cccnc4)c3=O)C2)C1=O. The molecule has 1 atom stereocenters. The van der Waals surface area contributed by atoms with Gasteiger partial charge in [0.2, 0.25) is 5.91 Å². The van der Waals surface area contributed by atoms with Crippen LogP contribution in [0.4, 0.5) is 0 Å². The number of likely N-dealkylation sites (tertiary alicyclic amines) is 2. The summed E-state index contributed by atoms with van der Waals surface area (Å²) in [6.07, 6.45) is 7.28. The van der Waals surface area contributed by atoms with Crippen molar-refractivity contribution in [2.75, 3.05) is 26.2 Å². The van der Waals surface area contributed by atoms with E-state index in [2.05, 4.69) is 11.9 Å². The minimum atomic E-state index is -0.476. The summed E-state index contributed by atoms with van der Waals surface area (Å²) in [4.78, 5) is 47.0. The van der Waals surface area contributed by atoms with Crippen LogP contribution in [0, 0.1) is 12.3 Å². The first-order chi connectivity index (χ1) is 14.0. The lowest BCUT2D eigenvalue weighted by Crippen LogP contribution is -2.40. The lowest BCUT2D eigenvalue weighted by molar-refractivity contribution is -0.135. The molecule has 0 aliphatic carbocycles. The molecule has 0 bridgehead atoms. The summed E-state index contributed by atoms with van der Waals surface area (Å²) in [5.41, 5.74) is 0.603. The third-order valence-corrected chi connectivity index (χ3v) is 6.17. The first-order valence-corrected chi connectivity index (χ1v) is 10.2. The molecule has 0 radical (unpaired) electrons. The van der Waals surface area contributed by atoms with Crippen molar-refractivity contribution in [1.82, 2.24) is 19.4 Å². The van der Waals surface area contributed by atoms with E-state index in [0.29, 0.717) is 30.8 Å². The predicted octanol–water partition coefficient (Wildman–Crippen LogP) is 2.02. The van der Waals surface area contributed by atoms with Gasteiger partial charge >= 0.3 is 0 Å². The Balaban J connectivity index is 1.62. The van der Waals surface area contributed by atoms with Crippen molar-refractivity contribution in [2.45, 2.75) is 33.1 Å². The molecule has 7 heteroatoms. The van der Waals surface area contributed by atoms with Crippen molar-refractivity contribution in [2.24, 2.45) is 5.41 Å². The highest BCUT2D eigenvalue weighted by molar-refractivity contribution is 5.96. The van der Waals surface area contributed by atoms with E-state index in [1.54, 1.807) is 48.6 Å². The van der Waals surface area contributed by atoms with E-state index in [-0.39, 0.29) is 22.9 Å². The van der Waals surface area contributed by atoms with Crippen molar-refractivity contribution < 1.29 is 9.59 Å². The highest BCUT2D eigenvalue weighted by atomic mass is 16.2. The molecule has 4 heterocycles. The number of amides is 2. The van der Waals surface area contributed by atoms with Crippen molar-refractivity contribution in [3.05, 3.63) is 58.3 Å². The van der Waals surface area contributed by atoms with Crippen molar-refractivity contribution in [3.8, 4) is 5.69 Å². The second kappa shape index (κ2) is 7.46. The lowest BCUT2D eigenvalue weighted by Gasteiger charge is -2.24. The highest BCUT2D eigenvalue weighted by Crippen LogP contribution is 2.41. The normalized spacial score (nSPS) is 21.4. The fourth-order valence-corrected chi connectivity index (χ4v) is 4.54. The minimum Gasteiger partial charge on any atom is -0.342 e. The molecule has 29 heavy (non-hydrogen) atoms. The smallest absolute Gasteiger partial charge is 0.268 e. The summed E-state index contributed by atoms with van der Waals surface area (Å²) < 4.78 is 1.45. The van der Waals surface area contributed by atoms with Crippen LogP contribution in [0.3, 0.4) is 0 Å². The van der Waals surface area contributed by atoms with Crippen LogP contribution in [0.25, 0.3) is 5.69 Å². The first kappa shape index (κ1) is 19.4. The van der Waals surface area contributed by atoms with Crippen LogP contribution in [-0.2, 0) is 4.79 Å². The molecule has 2 aliphatic heterocycles. The molecule has 0 aromatic carbocycles. The molecule has 2 aliphatic rings. The maximum atomic E-state index is 13.3.